The van der Waals surface area contributed by atoms with Gasteiger partial charge in [-0.3, -0.25) is 9.59 Å². The molecule has 2 aromatic carbocycles. The smallest absolute Gasteiger partial charge is 0.343 e. The molecular weight excluding hydrogens is 445 g/mol. The number of amides is 2. The fourth-order valence-corrected chi connectivity index (χ4v) is 3.32. The second-order valence-corrected chi connectivity index (χ2v) is 9.17. The van der Waals surface area contributed by atoms with Gasteiger partial charge in [-0.25, -0.2) is 4.68 Å². The molecule has 0 fully saturated rings. The van der Waals surface area contributed by atoms with Crippen molar-refractivity contribution >= 4 is 17.6 Å². The van der Waals surface area contributed by atoms with Crippen molar-refractivity contribution in [2.75, 3.05) is 11.9 Å². The minimum atomic E-state index is -4.49. The lowest BCUT2D eigenvalue weighted by Crippen LogP contribution is -2.33. The van der Waals surface area contributed by atoms with E-state index in [1.807, 2.05) is 52.8 Å². The number of carbonyl (C=O) groups excluding carboxylic acids is 2. The van der Waals surface area contributed by atoms with Crippen LogP contribution in [0.5, 0.6) is 0 Å². The Morgan fingerprint density at radius 1 is 0.971 bits per heavy atom. The zero-order valence-electron chi connectivity index (χ0n) is 19.7. The molecule has 0 aliphatic rings. The van der Waals surface area contributed by atoms with E-state index in [0.717, 1.165) is 46.8 Å². The monoisotopic (exact) mass is 472 g/mol. The van der Waals surface area contributed by atoms with Gasteiger partial charge < -0.3 is 10.6 Å². The summed E-state index contributed by atoms with van der Waals surface area (Å²) in [6.07, 6.45) is -4.49. The van der Waals surface area contributed by atoms with Gasteiger partial charge in [-0.05, 0) is 49.7 Å². The van der Waals surface area contributed by atoms with Crippen molar-refractivity contribution in [1.82, 2.24) is 15.1 Å². The maximum absolute atomic E-state index is 12.7. The lowest BCUT2D eigenvalue weighted by Gasteiger charge is -2.14. The molecule has 0 saturated carbocycles. The first kappa shape index (κ1) is 25.0. The molecule has 0 saturated heterocycles. The van der Waals surface area contributed by atoms with Crippen molar-refractivity contribution in [2.45, 2.75) is 46.2 Å². The van der Waals surface area contributed by atoms with Crippen LogP contribution in [0.2, 0.25) is 0 Å². The van der Waals surface area contributed by atoms with Crippen molar-refractivity contribution in [3.63, 3.8) is 0 Å². The normalized spacial score (nSPS) is 11.9. The van der Waals surface area contributed by atoms with E-state index in [2.05, 4.69) is 15.7 Å². The highest BCUT2D eigenvalue weighted by molar-refractivity contribution is 5.99. The molecule has 180 valence electrons. The fourth-order valence-electron chi connectivity index (χ4n) is 3.32. The lowest BCUT2D eigenvalue weighted by molar-refractivity contribution is -0.137. The first-order valence-corrected chi connectivity index (χ1v) is 10.7. The Labute approximate surface area is 196 Å². The maximum atomic E-state index is 12.7. The molecule has 0 aliphatic carbocycles. The second-order valence-electron chi connectivity index (χ2n) is 9.17. The maximum Gasteiger partial charge on any atom is 0.416 e. The number of carbonyl (C=O) groups is 2. The van der Waals surface area contributed by atoms with Gasteiger partial charge in [0.05, 0.1) is 23.5 Å². The van der Waals surface area contributed by atoms with Gasteiger partial charge in [0, 0.05) is 17.0 Å². The van der Waals surface area contributed by atoms with Crippen LogP contribution in [0, 0.1) is 13.8 Å². The molecule has 3 aromatic rings. The van der Waals surface area contributed by atoms with E-state index in [9.17, 15) is 22.8 Å². The van der Waals surface area contributed by atoms with Crippen LogP contribution in [0.1, 0.15) is 53.5 Å². The molecule has 2 N–H and O–H groups in total. The first-order chi connectivity index (χ1) is 15.8. The summed E-state index contributed by atoms with van der Waals surface area (Å²) in [5.41, 5.74) is 2.57. The van der Waals surface area contributed by atoms with Crippen LogP contribution < -0.4 is 10.6 Å². The third kappa shape index (κ3) is 5.84. The number of nitrogens with one attached hydrogen (secondary N) is 2. The average Bonchev–Trinajstić information content (AvgIpc) is 3.15. The summed E-state index contributed by atoms with van der Waals surface area (Å²) in [4.78, 5) is 24.9. The molecule has 0 spiro atoms. The van der Waals surface area contributed by atoms with Gasteiger partial charge in [0.25, 0.3) is 5.91 Å². The SMILES string of the molecule is Cc1ccc(-n2nc(C(C)(C)C)cc2NC(=O)CNC(=O)c2ccc(C(F)(F)F)cc2)c(C)c1. The van der Waals surface area contributed by atoms with Crippen molar-refractivity contribution in [2.24, 2.45) is 0 Å². The van der Waals surface area contributed by atoms with E-state index in [1.54, 1.807) is 10.7 Å². The largest absolute Gasteiger partial charge is 0.416 e. The molecule has 0 radical (unpaired) electrons. The minimum Gasteiger partial charge on any atom is -0.343 e. The Hall–Kier alpha value is -3.62. The molecule has 1 aromatic heterocycles. The van der Waals surface area contributed by atoms with Gasteiger partial charge in [0.1, 0.15) is 5.82 Å². The standard InChI is InChI=1S/C25H27F3N4O2/c1-15-6-11-19(16(2)12-15)32-21(13-20(31-32)24(3,4)5)30-22(33)14-29-23(34)17-7-9-18(10-8-17)25(26,27)28/h6-13H,14H2,1-5H3,(H,29,34)(H,30,33). The lowest BCUT2D eigenvalue weighted by atomic mass is 9.92. The van der Waals surface area contributed by atoms with Crippen LogP contribution in [0.15, 0.2) is 48.5 Å². The third-order valence-corrected chi connectivity index (χ3v) is 5.21. The number of halogens is 3. The molecule has 34 heavy (non-hydrogen) atoms. The van der Waals surface area contributed by atoms with Gasteiger partial charge in [-0.15, -0.1) is 0 Å². The topological polar surface area (TPSA) is 76.0 Å². The number of hydrogen-bond acceptors (Lipinski definition) is 3. The number of aryl methyl sites for hydroxylation is 2. The first-order valence-electron chi connectivity index (χ1n) is 10.7. The summed E-state index contributed by atoms with van der Waals surface area (Å²) in [6.45, 7) is 9.62. The summed E-state index contributed by atoms with van der Waals surface area (Å²) in [5.74, 6) is -0.695. The minimum absolute atomic E-state index is 0.0242. The fraction of sp³-hybridized carbons (Fsp3) is 0.320. The molecule has 0 bridgehead atoms. The Morgan fingerprint density at radius 2 is 1.62 bits per heavy atom. The zero-order chi connectivity index (χ0) is 25.3. The van der Waals surface area contributed by atoms with Crippen LogP contribution in [0.4, 0.5) is 19.0 Å². The predicted molar refractivity (Wildman–Crippen MR) is 124 cm³/mol. The summed E-state index contributed by atoms with van der Waals surface area (Å²) in [6, 6.07) is 11.5. The van der Waals surface area contributed by atoms with Crippen molar-refractivity contribution in [3.8, 4) is 5.69 Å². The quantitative estimate of drug-likeness (QED) is 0.538. The van der Waals surface area contributed by atoms with Gasteiger partial charge in [0.15, 0.2) is 0 Å². The molecule has 0 unspecified atom stereocenters. The Bertz CT molecular complexity index is 1210. The van der Waals surface area contributed by atoms with E-state index < -0.39 is 23.6 Å². The van der Waals surface area contributed by atoms with E-state index >= 15 is 0 Å². The molecule has 1 heterocycles. The number of anilines is 1. The number of nitrogens with zero attached hydrogens (tertiary/aromatic N) is 2. The van der Waals surface area contributed by atoms with Gasteiger partial charge in [-0.2, -0.15) is 18.3 Å². The second kappa shape index (κ2) is 9.32. The Kier molecular flexibility index (Phi) is 6.86. The van der Waals surface area contributed by atoms with Gasteiger partial charge in [0.2, 0.25) is 5.91 Å². The van der Waals surface area contributed by atoms with E-state index in [4.69, 9.17) is 0 Å². The number of hydrogen-bond donors (Lipinski definition) is 2. The van der Waals surface area contributed by atoms with Crippen molar-refractivity contribution in [3.05, 3.63) is 76.5 Å². The molecule has 2 amide bonds. The van der Waals surface area contributed by atoms with Gasteiger partial charge in [-0.1, -0.05) is 38.5 Å². The predicted octanol–water partition coefficient (Wildman–Crippen LogP) is 5.17. The Balaban J connectivity index is 1.75. The molecule has 0 aliphatic heterocycles. The highest BCUT2D eigenvalue weighted by Gasteiger charge is 2.30. The van der Waals surface area contributed by atoms with Crippen LogP contribution in [0.3, 0.4) is 0 Å². The summed E-state index contributed by atoms with van der Waals surface area (Å²) in [7, 11) is 0. The number of alkyl halides is 3. The third-order valence-electron chi connectivity index (χ3n) is 5.21. The Morgan fingerprint density at radius 3 is 2.18 bits per heavy atom. The van der Waals surface area contributed by atoms with E-state index in [0.29, 0.717) is 5.82 Å². The van der Waals surface area contributed by atoms with Gasteiger partial charge >= 0.3 is 6.18 Å². The van der Waals surface area contributed by atoms with E-state index in [-0.39, 0.29) is 17.5 Å². The number of benzene rings is 2. The highest BCUT2D eigenvalue weighted by Crippen LogP contribution is 2.29. The highest BCUT2D eigenvalue weighted by atomic mass is 19.4. The van der Waals surface area contributed by atoms with Crippen LogP contribution in [0.25, 0.3) is 5.69 Å². The molecule has 6 nitrogen and oxygen atoms in total. The van der Waals surface area contributed by atoms with E-state index in [1.165, 1.54) is 0 Å². The van der Waals surface area contributed by atoms with Crippen LogP contribution in [-0.4, -0.2) is 28.1 Å². The van der Waals surface area contributed by atoms with Crippen LogP contribution in [-0.2, 0) is 16.4 Å². The summed E-state index contributed by atoms with van der Waals surface area (Å²) >= 11 is 0. The number of aromatic nitrogens is 2. The molecular formula is C25H27F3N4O2. The summed E-state index contributed by atoms with van der Waals surface area (Å²) < 4.78 is 39.7. The number of rotatable bonds is 5. The zero-order valence-corrected chi connectivity index (χ0v) is 19.7. The average molecular weight is 473 g/mol. The van der Waals surface area contributed by atoms with Crippen molar-refractivity contribution in [1.29, 1.82) is 0 Å². The summed E-state index contributed by atoms with van der Waals surface area (Å²) in [5, 5.41) is 9.90. The molecule has 9 heteroatoms. The molecule has 3 rings (SSSR count). The molecule has 0 atom stereocenters. The van der Waals surface area contributed by atoms with Crippen LogP contribution >= 0.6 is 0 Å². The van der Waals surface area contributed by atoms with Crippen molar-refractivity contribution < 1.29 is 22.8 Å².